The normalized spacial score (nSPS) is 10.6. The van der Waals surface area contributed by atoms with Gasteiger partial charge in [-0.3, -0.25) is 0 Å². The third kappa shape index (κ3) is 3.24. The first-order valence-electron chi connectivity index (χ1n) is 5.94. The lowest BCUT2D eigenvalue weighted by Crippen LogP contribution is -1.98. The number of thiazole rings is 1. The Hall–Kier alpha value is -1.06. The van der Waals surface area contributed by atoms with Gasteiger partial charge in [0.15, 0.2) is 0 Å². The number of hydrogen-bond acceptors (Lipinski definition) is 3. The third-order valence-electron chi connectivity index (χ3n) is 2.59. The van der Waals surface area contributed by atoms with Gasteiger partial charge in [0.2, 0.25) is 0 Å². The average Bonchev–Trinajstić information content (AvgIpc) is 2.80. The number of aryl methyl sites for hydroxylation is 1. The van der Waals surface area contributed by atoms with Crippen molar-refractivity contribution in [2.45, 2.75) is 26.1 Å². The van der Waals surface area contributed by atoms with Crippen molar-refractivity contribution >= 4 is 22.9 Å². The minimum atomic E-state index is 0.475. The number of ether oxygens (including phenoxy) is 1. The quantitative estimate of drug-likeness (QED) is 0.767. The van der Waals surface area contributed by atoms with Crippen LogP contribution in [0.4, 0.5) is 0 Å². The second-order valence-electron chi connectivity index (χ2n) is 4.09. The van der Waals surface area contributed by atoms with Crippen LogP contribution in [0.5, 0.6) is 5.75 Å². The predicted octanol–water partition coefficient (Wildman–Crippen LogP) is 4.18. The fourth-order valence-electron chi connectivity index (χ4n) is 1.80. The zero-order valence-corrected chi connectivity index (χ0v) is 12.1. The molecule has 0 radical (unpaired) electrons. The van der Waals surface area contributed by atoms with Crippen LogP contribution < -0.4 is 4.74 Å². The smallest absolute Gasteiger partial charge is 0.122 e. The van der Waals surface area contributed by atoms with E-state index < -0.39 is 0 Å². The van der Waals surface area contributed by atoms with E-state index >= 15 is 0 Å². The number of rotatable bonds is 5. The first-order chi connectivity index (χ1) is 8.72. The van der Waals surface area contributed by atoms with Crippen LogP contribution in [-0.4, -0.2) is 11.6 Å². The molecule has 1 aromatic heterocycles. The van der Waals surface area contributed by atoms with Gasteiger partial charge in [0.25, 0.3) is 0 Å². The maximum absolute atomic E-state index is 5.77. The van der Waals surface area contributed by atoms with E-state index in [2.05, 4.69) is 24.0 Å². The summed E-state index contributed by atoms with van der Waals surface area (Å²) in [6.45, 7) is 4.77. The highest BCUT2D eigenvalue weighted by Gasteiger charge is 2.08. The molecule has 4 heteroatoms. The van der Waals surface area contributed by atoms with Crippen molar-refractivity contribution in [1.82, 2.24) is 4.98 Å². The molecule has 0 atom stereocenters. The average molecular weight is 282 g/mol. The molecule has 0 spiro atoms. The zero-order chi connectivity index (χ0) is 13.0. The SMILES string of the molecule is CCOc1ccc(C)cc1Cc1nc(CCl)cs1. The van der Waals surface area contributed by atoms with E-state index in [1.165, 1.54) is 11.1 Å². The molecule has 0 aliphatic carbocycles. The molecule has 0 amide bonds. The van der Waals surface area contributed by atoms with E-state index in [1.807, 2.05) is 18.4 Å². The van der Waals surface area contributed by atoms with E-state index in [1.54, 1.807) is 11.3 Å². The van der Waals surface area contributed by atoms with Gasteiger partial charge in [-0.1, -0.05) is 17.7 Å². The Bertz CT molecular complexity index is 524. The maximum atomic E-state index is 5.77. The molecule has 0 unspecified atom stereocenters. The minimum Gasteiger partial charge on any atom is -0.494 e. The van der Waals surface area contributed by atoms with E-state index in [4.69, 9.17) is 16.3 Å². The molecule has 96 valence electrons. The minimum absolute atomic E-state index is 0.475. The van der Waals surface area contributed by atoms with Gasteiger partial charge in [-0.25, -0.2) is 4.98 Å². The second kappa shape index (κ2) is 6.21. The molecule has 2 aromatic rings. The molecule has 0 fully saturated rings. The Morgan fingerprint density at radius 1 is 1.39 bits per heavy atom. The molecule has 1 aromatic carbocycles. The molecular formula is C14H16ClNOS. The summed E-state index contributed by atoms with van der Waals surface area (Å²) < 4.78 is 5.65. The Labute approximate surface area is 117 Å². The first kappa shape index (κ1) is 13.4. The van der Waals surface area contributed by atoms with Gasteiger partial charge in [-0.15, -0.1) is 22.9 Å². The van der Waals surface area contributed by atoms with E-state index in [0.717, 1.165) is 22.9 Å². The van der Waals surface area contributed by atoms with Gasteiger partial charge in [0, 0.05) is 17.4 Å². The maximum Gasteiger partial charge on any atom is 0.122 e. The van der Waals surface area contributed by atoms with Crippen molar-refractivity contribution < 1.29 is 4.74 Å². The lowest BCUT2D eigenvalue weighted by Gasteiger charge is -2.09. The summed E-state index contributed by atoms with van der Waals surface area (Å²) in [5.74, 6) is 1.42. The van der Waals surface area contributed by atoms with Gasteiger partial charge in [0.05, 0.1) is 23.2 Å². The van der Waals surface area contributed by atoms with Crippen LogP contribution in [0.25, 0.3) is 0 Å². The standard InChI is InChI=1S/C14H16ClNOS/c1-3-17-13-5-4-10(2)6-11(13)7-14-16-12(8-15)9-18-14/h4-6,9H,3,7-8H2,1-2H3. The fourth-order valence-corrected chi connectivity index (χ4v) is 2.84. The number of benzene rings is 1. The number of nitrogens with zero attached hydrogens (tertiary/aromatic N) is 1. The second-order valence-corrected chi connectivity index (χ2v) is 5.30. The topological polar surface area (TPSA) is 22.1 Å². The largest absolute Gasteiger partial charge is 0.494 e. The predicted molar refractivity (Wildman–Crippen MR) is 76.8 cm³/mol. The van der Waals surface area contributed by atoms with Crippen LogP contribution in [0, 0.1) is 6.92 Å². The van der Waals surface area contributed by atoms with Crippen LogP contribution in [0.15, 0.2) is 23.6 Å². The van der Waals surface area contributed by atoms with Crippen LogP contribution in [-0.2, 0) is 12.3 Å². The molecule has 0 saturated carbocycles. The molecule has 0 N–H and O–H groups in total. The van der Waals surface area contributed by atoms with Crippen molar-refractivity contribution in [2.75, 3.05) is 6.61 Å². The van der Waals surface area contributed by atoms with Crippen molar-refractivity contribution in [3.05, 3.63) is 45.4 Å². The molecule has 0 aliphatic rings. The lowest BCUT2D eigenvalue weighted by atomic mass is 10.1. The van der Waals surface area contributed by atoms with Crippen LogP contribution >= 0.6 is 22.9 Å². The molecule has 0 bridgehead atoms. The van der Waals surface area contributed by atoms with Gasteiger partial charge in [-0.05, 0) is 19.9 Å². The van der Waals surface area contributed by atoms with Crippen LogP contribution in [0.2, 0.25) is 0 Å². The van der Waals surface area contributed by atoms with E-state index in [0.29, 0.717) is 12.5 Å². The van der Waals surface area contributed by atoms with Gasteiger partial charge >= 0.3 is 0 Å². The number of halogens is 1. The highest BCUT2D eigenvalue weighted by molar-refractivity contribution is 7.09. The first-order valence-corrected chi connectivity index (χ1v) is 7.36. The number of hydrogen-bond donors (Lipinski definition) is 0. The molecule has 18 heavy (non-hydrogen) atoms. The summed E-state index contributed by atoms with van der Waals surface area (Å²) in [5, 5.41) is 3.09. The summed E-state index contributed by atoms with van der Waals surface area (Å²) in [7, 11) is 0. The monoisotopic (exact) mass is 281 g/mol. The summed E-state index contributed by atoms with van der Waals surface area (Å²) in [4.78, 5) is 4.49. The zero-order valence-electron chi connectivity index (χ0n) is 10.6. The van der Waals surface area contributed by atoms with Crippen molar-refractivity contribution in [1.29, 1.82) is 0 Å². The summed E-state index contributed by atoms with van der Waals surface area (Å²) in [5.41, 5.74) is 3.37. The molecule has 0 saturated heterocycles. The molecule has 2 rings (SSSR count). The molecule has 1 heterocycles. The van der Waals surface area contributed by atoms with Crippen molar-refractivity contribution in [2.24, 2.45) is 0 Å². The van der Waals surface area contributed by atoms with Crippen molar-refractivity contribution in [3.63, 3.8) is 0 Å². The highest BCUT2D eigenvalue weighted by atomic mass is 35.5. The van der Waals surface area contributed by atoms with Crippen molar-refractivity contribution in [3.8, 4) is 5.75 Å². The Morgan fingerprint density at radius 3 is 2.89 bits per heavy atom. The highest BCUT2D eigenvalue weighted by Crippen LogP contribution is 2.24. The van der Waals surface area contributed by atoms with Crippen LogP contribution in [0.3, 0.4) is 0 Å². The Kier molecular flexibility index (Phi) is 4.61. The van der Waals surface area contributed by atoms with Gasteiger partial charge < -0.3 is 4.74 Å². The third-order valence-corrected chi connectivity index (χ3v) is 3.77. The molecular weight excluding hydrogens is 266 g/mol. The van der Waals surface area contributed by atoms with E-state index in [-0.39, 0.29) is 0 Å². The number of alkyl halides is 1. The van der Waals surface area contributed by atoms with E-state index in [9.17, 15) is 0 Å². The summed E-state index contributed by atoms with van der Waals surface area (Å²) in [6.07, 6.45) is 0.804. The van der Waals surface area contributed by atoms with Gasteiger partial charge in [0.1, 0.15) is 5.75 Å². The molecule has 2 nitrogen and oxygen atoms in total. The van der Waals surface area contributed by atoms with Crippen LogP contribution in [0.1, 0.15) is 28.8 Å². The number of aromatic nitrogens is 1. The van der Waals surface area contributed by atoms with Gasteiger partial charge in [-0.2, -0.15) is 0 Å². The summed E-state index contributed by atoms with van der Waals surface area (Å²) in [6, 6.07) is 6.26. The summed E-state index contributed by atoms with van der Waals surface area (Å²) >= 11 is 7.42. The lowest BCUT2D eigenvalue weighted by molar-refractivity contribution is 0.337. The fraction of sp³-hybridized carbons (Fsp3) is 0.357. The molecule has 0 aliphatic heterocycles. The Balaban J connectivity index is 2.23. The Morgan fingerprint density at radius 2 is 2.22 bits per heavy atom.